The summed E-state index contributed by atoms with van der Waals surface area (Å²) in [6.45, 7) is 0. The van der Waals surface area contributed by atoms with E-state index in [-0.39, 0.29) is 12.1 Å². The van der Waals surface area contributed by atoms with Gasteiger partial charge < -0.3 is 4.74 Å². The van der Waals surface area contributed by atoms with Gasteiger partial charge in [0.15, 0.2) is 0 Å². The Morgan fingerprint density at radius 3 is 2.79 bits per heavy atom. The minimum Gasteiger partial charge on any atom is -0.459 e. The number of aromatic nitrogens is 1. The van der Waals surface area contributed by atoms with Gasteiger partial charge in [0.2, 0.25) is 0 Å². The van der Waals surface area contributed by atoms with Crippen LogP contribution in [0.25, 0.3) is 0 Å². The first-order valence-corrected chi connectivity index (χ1v) is 4.96. The smallest absolute Gasteiger partial charge is 0.339 e. The van der Waals surface area contributed by atoms with Gasteiger partial charge in [-0.15, -0.1) is 0 Å². The zero-order chi connectivity index (χ0) is 9.97. The molecule has 1 heterocycles. The van der Waals surface area contributed by atoms with Crippen LogP contribution in [0.4, 0.5) is 0 Å². The Kier molecular flexibility index (Phi) is 2.68. The van der Waals surface area contributed by atoms with E-state index in [0.717, 1.165) is 19.3 Å². The van der Waals surface area contributed by atoms with Crippen LogP contribution >= 0.6 is 11.6 Å². The van der Waals surface area contributed by atoms with E-state index in [4.69, 9.17) is 16.3 Å². The van der Waals surface area contributed by atoms with Crippen molar-refractivity contribution in [2.24, 2.45) is 0 Å². The number of carbonyl (C=O) groups excluding carboxylic acids is 1. The van der Waals surface area contributed by atoms with Crippen molar-refractivity contribution in [3.05, 3.63) is 29.0 Å². The van der Waals surface area contributed by atoms with Crippen molar-refractivity contribution in [3.63, 3.8) is 0 Å². The molecule has 3 nitrogen and oxygen atoms in total. The highest BCUT2D eigenvalue weighted by atomic mass is 35.5. The molecule has 0 aromatic carbocycles. The summed E-state index contributed by atoms with van der Waals surface area (Å²) < 4.78 is 5.19. The van der Waals surface area contributed by atoms with Crippen molar-refractivity contribution < 1.29 is 9.53 Å². The first-order valence-electron chi connectivity index (χ1n) is 4.58. The highest BCUT2D eigenvalue weighted by Gasteiger charge is 2.22. The van der Waals surface area contributed by atoms with Crippen molar-refractivity contribution in [1.82, 2.24) is 4.98 Å². The first-order chi connectivity index (χ1) is 6.75. The maximum absolute atomic E-state index is 11.5. The van der Waals surface area contributed by atoms with Crippen LogP contribution in [0, 0.1) is 0 Å². The van der Waals surface area contributed by atoms with Crippen LogP contribution in [0.1, 0.15) is 29.6 Å². The molecule has 1 aromatic rings. The summed E-state index contributed by atoms with van der Waals surface area (Å²) >= 11 is 5.60. The van der Waals surface area contributed by atoms with Crippen LogP contribution in [0.15, 0.2) is 18.3 Å². The van der Waals surface area contributed by atoms with Crippen LogP contribution in [0.2, 0.25) is 5.15 Å². The zero-order valence-electron chi connectivity index (χ0n) is 7.57. The number of hydrogen-bond donors (Lipinski definition) is 0. The third-order valence-corrected chi connectivity index (χ3v) is 2.51. The fraction of sp³-hybridized carbons (Fsp3) is 0.400. The van der Waals surface area contributed by atoms with Gasteiger partial charge in [0, 0.05) is 6.20 Å². The fourth-order valence-electron chi connectivity index (χ4n) is 1.20. The highest BCUT2D eigenvalue weighted by molar-refractivity contribution is 6.29. The molecule has 1 saturated carbocycles. The van der Waals surface area contributed by atoms with Crippen molar-refractivity contribution in [1.29, 1.82) is 0 Å². The SMILES string of the molecule is O=C(OC1CCC1)c1ccc(Cl)nc1. The quantitative estimate of drug-likeness (QED) is 0.557. The van der Waals surface area contributed by atoms with Crippen molar-refractivity contribution >= 4 is 17.6 Å². The van der Waals surface area contributed by atoms with Crippen molar-refractivity contribution in [2.75, 3.05) is 0 Å². The summed E-state index contributed by atoms with van der Waals surface area (Å²) in [4.78, 5) is 15.3. The van der Waals surface area contributed by atoms with Crippen LogP contribution in [-0.2, 0) is 4.74 Å². The van der Waals surface area contributed by atoms with Gasteiger partial charge in [-0.2, -0.15) is 0 Å². The van der Waals surface area contributed by atoms with E-state index in [1.165, 1.54) is 6.20 Å². The molecular formula is C10H10ClNO2. The second-order valence-electron chi connectivity index (χ2n) is 3.33. The highest BCUT2D eigenvalue weighted by Crippen LogP contribution is 2.23. The van der Waals surface area contributed by atoms with Gasteiger partial charge >= 0.3 is 5.97 Å². The van der Waals surface area contributed by atoms with Gasteiger partial charge in [0.1, 0.15) is 11.3 Å². The lowest BCUT2D eigenvalue weighted by Crippen LogP contribution is -2.25. The predicted octanol–water partition coefficient (Wildman–Crippen LogP) is 2.44. The van der Waals surface area contributed by atoms with Crippen molar-refractivity contribution in [3.8, 4) is 0 Å². The molecule has 0 spiro atoms. The summed E-state index contributed by atoms with van der Waals surface area (Å²) in [5, 5.41) is 0.380. The Hall–Kier alpha value is -1.09. The molecule has 14 heavy (non-hydrogen) atoms. The second kappa shape index (κ2) is 3.96. The molecule has 0 radical (unpaired) electrons. The topological polar surface area (TPSA) is 39.2 Å². The minimum absolute atomic E-state index is 0.109. The molecule has 1 aliphatic rings. The predicted molar refractivity (Wildman–Crippen MR) is 52.3 cm³/mol. The molecule has 1 fully saturated rings. The lowest BCUT2D eigenvalue weighted by Gasteiger charge is -2.24. The second-order valence-corrected chi connectivity index (χ2v) is 3.72. The summed E-state index contributed by atoms with van der Waals surface area (Å²) in [6.07, 6.45) is 4.65. The van der Waals surface area contributed by atoms with E-state index in [2.05, 4.69) is 4.98 Å². The minimum atomic E-state index is -0.307. The molecule has 0 bridgehead atoms. The Morgan fingerprint density at radius 2 is 2.29 bits per heavy atom. The molecule has 0 N–H and O–H groups in total. The monoisotopic (exact) mass is 211 g/mol. The Labute approximate surface area is 87.0 Å². The van der Waals surface area contributed by atoms with E-state index in [9.17, 15) is 4.79 Å². The molecule has 0 aliphatic heterocycles. The van der Waals surface area contributed by atoms with Gasteiger partial charge in [-0.3, -0.25) is 0 Å². The van der Waals surface area contributed by atoms with E-state index in [0.29, 0.717) is 10.7 Å². The summed E-state index contributed by atoms with van der Waals surface area (Å²) in [7, 11) is 0. The van der Waals surface area contributed by atoms with E-state index >= 15 is 0 Å². The number of pyridine rings is 1. The largest absolute Gasteiger partial charge is 0.459 e. The molecule has 0 unspecified atom stereocenters. The van der Waals surface area contributed by atoms with Crippen LogP contribution in [-0.4, -0.2) is 17.1 Å². The van der Waals surface area contributed by atoms with Gasteiger partial charge in [-0.1, -0.05) is 11.6 Å². The molecule has 74 valence electrons. The molecule has 4 heteroatoms. The molecular weight excluding hydrogens is 202 g/mol. The normalized spacial score (nSPS) is 16.1. The van der Waals surface area contributed by atoms with Gasteiger partial charge in [0.25, 0.3) is 0 Å². The average Bonchev–Trinajstić information content (AvgIpc) is 2.12. The molecule has 0 atom stereocenters. The summed E-state index contributed by atoms with van der Waals surface area (Å²) in [5.74, 6) is -0.307. The Bertz CT molecular complexity index is 332. The number of esters is 1. The number of rotatable bonds is 2. The van der Waals surface area contributed by atoms with Crippen LogP contribution in [0.3, 0.4) is 0 Å². The van der Waals surface area contributed by atoms with E-state index < -0.39 is 0 Å². The molecule has 1 aliphatic carbocycles. The number of carbonyl (C=O) groups is 1. The third kappa shape index (κ3) is 2.04. The maximum Gasteiger partial charge on any atom is 0.339 e. The molecule has 0 amide bonds. The molecule has 2 rings (SSSR count). The Morgan fingerprint density at radius 1 is 1.50 bits per heavy atom. The third-order valence-electron chi connectivity index (χ3n) is 2.29. The average molecular weight is 212 g/mol. The van der Waals surface area contributed by atoms with Gasteiger partial charge in [-0.05, 0) is 31.4 Å². The van der Waals surface area contributed by atoms with Gasteiger partial charge in [-0.25, -0.2) is 9.78 Å². The molecule has 1 aromatic heterocycles. The lowest BCUT2D eigenvalue weighted by atomic mass is 9.96. The van der Waals surface area contributed by atoms with E-state index in [1.807, 2.05) is 0 Å². The van der Waals surface area contributed by atoms with E-state index in [1.54, 1.807) is 12.1 Å². The Balaban J connectivity index is 1.99. The maximum atomic E-state index is 11.5. The number of hydrogen-bond acceptors (Lipinski definition) is 3. The fourth-order valence-corrected chi connectivity index (χ4v) is 1.32. The van der Waals surface area contributed by atoms with Crippen molar-refractivity contribution in [2.45, 2.75) is 25.4 Å². The number of nitrogens with zero attached hydrogens (tertiary/aromatic N) is 1. The number of ether oxygens (including phenoxy) is 1. The molecule has 0 saturated heterocycles. The standard InChI is InChI=1S/C10H10ClNO2/c11-9-5-4-7(6-12-9)10(13)14-8-2-1-3-8/h4-6,8H,1-3H2. The summed E-state index contributed by atoms with van der Waals surface area (Å²) in [5.41, 5.74) is 0.460. The van der Waals surface area contributed by atoms with Crippen LogP contribution in [0.5, 0.6) is 0 Å². The zero-order valence-corrected chi connectivity index (χ0v) is 8.33. The first kappa shape index (κ1) is 9.46. The van der Waals surface area contributed by atoms with Crippen LogP contribution < -0.4 is 0 Å². The van der Waals surface area contributed by atoms with Gasteiger partial charge in [0.05, 0.1) is 5.56 Å². The number of halogens is 1. The lowest BCUT2D eigenvalue weighted by molar-refractivity contribution is 0.00897. The summed E-state index contributed by atoms with van der Waals surface area (Å²) in [6, 6.07) is 3.20.